The molecule has 1 N–H and O–H groups in total. The Morgan fingerprint density at radius 1 is 1.23 bits per heavy atom. The van der Waals surface area contributed by atoms with Crippen molar-refractivity contribution in [1.82, 2.24) is 5.32 Å². The van der Waals surface area contributed by atoms with Gasteiger partial charge >= 0.3 is 0 Å². The second-order valence-corrected chi connectivity index (χ2v) is 3.27. The summed E-state index contributed by atoms with van der Waals surface area (Å²) in [6.07, 6.45) is 3.73. The smallest absolute Gasteiger partial charge is 0.0495 e. The van der Waals surface area contributed by atoms with Gasteiger partial charge in [-0.1, -0.05) is 20.8 Å². The molecule has 0 aromatic heterocycles. The predicted molar refractivity (Wildman–Crippen MR) is 58.1 cm³/mol. The standard InChI is InChI=1S/C9H19NO.C2H6/c1-2-7-11-8-9-3-5-10-6-4-9;1-2/h9-10H,2-8H2,1H3;1-2H3. The summed E-state index contributed by atoms with van der Waals surface area (Å²) in [5.41, 5.74) is 0. The predicted octanol–water partition coefficient (Wildman–Crippen LogP) is 2.44. The minimum absolute atomic E-state index is 0.822. The monoisotopic (exact) mass is 187 g/mol. The highest BCUT2D eigenvalue weighted by atomic mass is 16.5. The van der Waals surface area contributed by atoms with Crippen molar-refractivity contribution in [2.75, 3.05) is 26.3 Å². The first-order valence-corrected chi connectivity index (χ1v) is 5.72. The molecule has 1 aliphatic heterocycles. The molecule has 0 radical (unpaired) electrons. The van der Waals surface area contributed by atoms with Gasteiger partial charge in [-0.25, -0.2) is 0 Å². The van der Waals surface area contributed by atoms with Gasteiger partial charge in [0.05, 0.1) is 0 Å². The molecule has 1 rings (SSSR count). The number of hydrogen-bond donors (Lipinski definition) is 1. The van der Waals surface area contributed by atoms with Crippen LogP contribution in [0.3, 0.4) is 0 Å². The van der Waals surface area contributed by atoms with E-state index in [2.05, 4.69) is 12.2 Å². The van der Waals surface area contributed by atoms with Gasteiger partial charge in [0, 0.05) is 13.2 Å². The number of ether oxygens (including phenoxy) is 1. The van der Waals surface area contributed by atoms with Gasteiger partial charge in [0.25, 0.3) is 0 Å². The number of piperidine rings is 1. The molecule has 0 atom stereocenters. The fourth-order valence-electron chi connectivity index (χ4n) is 1.44. The van der Waals surface area contributed by atoms with E-state index in [0.29, 0.717) is 0 Å². The van der Waals surface area contributed by atoms with E-state index < -0.39 is 0 Å². The maximum absolute atomic E-state index is 5.49. The van der Waals surface area contributed by atoms with Crippen molar-refractivity contribution in [1.29, 1.82) is 0 Å². The average Bonchev–Trinajstić information content (AvgIpc) is 2.23. The van der Waals surface area contributed by atoms with E-state index in [1.165, 1.54) is 25.9 Å². The summed E-state index contributed by atoms with van der Waals surface area (Å²) in [5, 5.41) is 3.35. The van der Waals surface area contributed by atoms with Gasteiger partial charge in [-0.3, -0.25) is 0 Å². The van der Waals surface area contributed by atoms with Crippen LogP contribution in [0.5, 0.6) is 0 Å². The van der Waals surface area contributed by atoms with Gasteiger partial charge in [0.1, 0.15) is 0 Å². The summed E-state index contributed by atoms with van der Waals surface area (Å²) in [7, 11) is 0. The summed E-state index contributed by atoms with van der Waals surface area (Å²) in [4.78, 5) is 0. The highest BCUT2D eigenvalue weighted by molar-refractivity contribution is 4.67. The third-order valence-electron chi connectivity index (χ3n) is 2.16. The van der Waals surface area contributed by atoms with E-state index in [-0.39, 0.29) is 0 Å². The minimum atomic E-state index is 0.822. The zero-order valence-corrected chi connectivity index (χ0v) is 9.44. The molecule has 0 spiro atoms. The van der Waals surface area contributed by atoms with Gasteiger partial charge in [-0.2, -0.15) is 0 Å². The van der Waals surface area contributed by atoms with Crippen LogP contribution in [0.2, 0.25) is 0 Å². The van der Waals surface area contributed by atoms with Crippen LogP contribution in [0.4, 0.5) is 0 Å². The van der Waals surface area contributed by atoms with E-state index in [0.717, 1.165) is 25.6 Å². The second kappa shape index (κ2) is 10.0. The number of rotatable bonds is 4. The molecule has 1 heterocycles. The van der Waals surface area contributed by atoms with E-state index in [9.17, 15) is 0 Å². The van der Waals surface area contributed by atoms with Crippen LogP contribution in [-0.2, 0) is 4.74 Å². The van der Waals surface area contributed by atoms with Crippen LogP contribution >= 0.6 is 0 Å². The lowest BCUT2D eigenvalue weighted by Gasteiger charge is -2.22. The van der Waals surface area contributed by atoms with Crippen molar-refractivity contribution in [2.24, 2.45) is 5.92 Å². The van der Waals surface area contributed by atoms with E-state index in [1.807, 2.05) is 13.8 Å². The van der Waals surface area contributed by atoms with E-state index in [1.54, 1.807) is 0 Å². The van der Waals surface area contributed by atoms with Gasteiger partial charge < -0.3 is 10.1 Å². The zero-order valence-electron chi connectivity index (χ0n) is 9.44. The molecule has 1 saturated heterocycles. The van der Waals surface area contributed by atoms with Crippen molar-refractivity contribution < 1.29 is 4.74 Å². The molecule has 1 fully saturated rings. The largest absolute Gasteiger partial charge is 0.381 e. The first kappa shape index (κ1) is 12.9. The summed E-state index contributed by atoms with van der Waals surface area (Å²) in [6, 6.07) is 0. The third-order valence-corrected chi connectivity index (χ3v) is 2.16. The van der Waals surface area contributed by atoms with Crippen LogP contribution < -0.4 is 5.32 Å². The Morgan fingerprint density at radius 3 is 2.38 bits per heavy atom. The molecule has 0 aromatic carbocycles. The summed E-state index contributed by atoms with van der Waals surface area (Å²) in [5.74, 6) is 0.822. The Kier molecular flexibility index (Phi) is 9.94. The van der Waals surface area contributed by atoms with Crippen LogP contribution in [0.15, 0.2) is 0 Å². The Morgan fingerprint density at radius 2 is 1.85 bits per heavy atom. The molecule has 2 nitrogen and oxygen atoms in total. The molecule has 0 unspecified atom stereocenters. The van der Waals surface area contributed by atoms with Crippen molar-refractivity contribution in [2.45, 2.75) is 40.0 Å². The molecule has 0 aliphatic carbocycles. The van der Waals surface area contributed by atoms with Crippen LogP contribution in [0, 0.1) is 5.92 Å². The number of hydrogen-bond acceptors (Lipinski definition) is 2. The van der Waals surface area contributed by atoms with Crippen LogP contribution in [0.25, 0.3) is 0 Å². The Balaban J connectivity index is 0.000000671. The molecular weight excluding hydrogens is 162 g/mol. The van der Waals surface area contributed by atoms with Crippen molar-refractivity contribution in [3.05, 3.63) is 0 Å². The molecule has 2 heteroatoms. The van der Waals surface area contributed by atoms with Gasteiger partial charge in [0.2, 0.25) is 0 Å². The Bertz CT molecular complexity index is 90.1. The van der Waals surface area contributed by atoms with Crippen molar-refractivity contribution >= 4 is 0 Å². The minimum Gasteiger partial charge on any atom is -0.381 e. The van der Waals surface area contributed by atoms with Gasteiger partial charge in [-0.05, 0) is 38.3 Å². The SMILES string of the molecule is CC.CCCOCC1CCNCC1. The van der Waals surface area contributed by atoms with Crippen LogP contribution in [0.1, 0.15) is 40.0 Å². The molecular formula is C11H25NO. The lowest BCUT2D eigenvalue weighted by Crippen LogP contribution is -2.30. The summed E-state index contributed by atoms with van der Waals surface area (Å²) < 4.78 is 5.49. The first-order valence-electron chi connectivity index (χ1n) is 5.72. The normalized spacial score (nSPS) is 17.8. The summed E-state index contributed by atoms with van der Waals surface area (Å²) in [6.45, 7) is 10.4. The first-order chi connectivity index (χ1) is 6.43. The Hall–Kier alpha value is -0.0800. The van der Waals surface area contributed by atoms with Crippen molar-refractivity contribution in [3.8, 4) is 0 Å². The van der Waals surface area contributed by atoms with E-state index in [4.69, 9.17) is 4.74 Å². The fraction of sp³-hybridized carbons (Fsp3) is 1.00. The summed E-state index contributed by atoms with van der Waals surface area (Å²) >= 11 is 0. The Labute approximate surface area is 83.1 Å². The number of nitrogens with one attached hydrogen (secondary N) is 1. The zero-order chi connectivity index (χ0) is 9.94. The molecule has 0 saturated carbocycles. The molecule has 0 aromatic rings. The topological polar surface area (TPSA) is 21.3 Å². The highest BCUT2D eigenvalue weighted by Crippen LogP contribution is 2.11. The third kappa shape index (κ3) is 7.03. The maximum Gasteiger partial charge on any atom is 0.0495 e. The van der Waals surface area contributed by atoms with Gasteiger partial charge in [0.15, 0.2) is 0 Å². The highest BCUT2D eigenvalue weighted by Gasteiger charge is 2.11. The lowest BCUT2D eigenvalue weighted by atomic mass is 9.99. The van der Waals surface area contributed by atoms with Crippen molar-refractivity contribution in [3.63, 3.8) is 0 Å². The molecule has 1 aliphatic rings. The maximum atomic E-state index is 5.49. The molecule has 0 amide bonds. The van der Waals surface area contributed by atoms with Gasteiger partial charge in [-0.15, -0.1) is 0 Å². The average molecular weight is 187 g/mol. The van der Waals surface area contributed by atoms with Crippen LogP contribution in [-0.4, -0.2) is 26.3 Å². The fourth-order valence-corrected chi connectivity index (χ4v) is 1.44. The van der Waals surface area contributed by atoms with E-state index >= 15 is 0 Å². The quantitative estimate of drug-likeness (QED) is 0.683. The molecule has 0 bridgehead atoms. The molecule has 80 valence electrons. The molecule has 13 heavy (non-hydrogen) atoms. The second-order valence-electron chi connectivity index (χ2n) is 3.27. The lowest BCUT2D eigenvalue weighted by molar-refractivity contribution is 0.0884.